The van der Waals surface area contributed by atoms with E-state index >= 15 is 0 Å². The molecule has 1 heterocycles. The molecule has 102 valence electrons. The Kier molecular flexibility index (Phi) is 3.70. The highest BCUT2D eigenvalue weighted by molar-refractivity contribution is 5.80. The van der Waals surface area contributed by atoms with Gasteiger partial charge in [0.25, 0.3) is 0 Å². The Morgan fingerprint density at radius 2 is 2.00 bits per heavy atom. The molecular weight excluding hydrogens is 228 g/mol. The minimum absolute atomic E-state index is 0.390. The number of hydrogen-bond donors (Lipinski definition) is 2. The SMILES string of the molecule is NNC(=NC1CCCC1)N1CCOC2CCCC21. The van der Waals surface area contributed by atoms with Crippen LogP contribution in [0.1, 0.15) is 44.9 Å². The van der Waals surface area contributed by atoms with Gasteiger partial charge in [0.2, 0.25) is 5.96 Å². The highest BCUT2D eigenvalue weighted by Gasteiger charge is 2.37. The van der Waals surface area contributed by atoms with Crippen LogP contribution < -0.4 is 11.3 Å². The average molecular weight is 252 g/mol. The predicted molar refractivity (Wildman–Crippen MR) is 71.1 cm³/mol. The number of fused-ring (bicyclic) bond motifs is 1. The Hall–Kier alpha value is -0.810. The molecule has 2 atom stereocenters. The molecule has 3 fully saturated rings. The number of nitrogens with zero attached hydrogens (tertiary/aromatic N) is 2. The Balaban J connectivity index is 1.73. The second kappa shape index (κ2) is 5.45. The molecule has 0 aromatic carbocycles. The van der Waals surface area contributed by atoms with Crippen molar-refractivity contribution >= 4 is 5.96 Å². The highest BCUT2D eigenvalue weighted by atomic mass is 16.5. The average Bonchev–Trinajstić information content (AvgIpc) is 3.06. The van der Waals surface area contributed by atoms with Gasteiger partial charge in [-0.05, 0) is 32.1 Å². The number of aliphatic imine (C=N–C) groups is 1. The monoisotopic (exact) mass is 252 g/mol. The molecule has 0 spiro atoms. The number of hydrazine groups is 1. The molecule has 3 aliphatic rings. The number of ether oxygens (including phenoxy) is 1. The Morgan fingerprint density at radius 1 is 1.17 bits per heavy atom. The summed E-state index contributed by atoms with van der Waals surface area (Å²) in [6.45, 7) is 1.71. The quantitative estimate of drug-likeness (QED) is 0.316. The van der Waals surface area contributed by atoms with Gasteiger partial charge in [-0.1, -0.05) is 12.8 Å². The lowest BCUT2D eigenvalue weighted by atomic mass is 10.1. The zero-order valence-corrected chi connectivity index (χ0v) is 11.0. The van der Waals surface area contributed by atoms with E-state index in [1.54, 1.807) is 0 Å². The van der Waals surface area contributed by atoms with Gasteiger partial charge in [0.05, 0.1) is 24.8 Å². The molecule has 2 aliphatic carbocycles. The van der Waals surface area contributed by atoms with E-state index in [-0.39, 0.29) is 0 Å². The van der Waals surface area contributed by atoms with Gasteiger partial charge < -0.3 is 9.64 Å². The van der Waals surface area contributed by atoms with Crippen molar-refractivity contribution in [3.8, 4) is 0 Å². The van der Waals surface area contributed by atoms with Crippen LogP contribution in [0.3, 0.4) is 0 Å². The van der Waals surface area contributed by atoms with Gasteiger partial charge in [0.1, 0.15) is 0 Å². The third kappa shape index (κ3) is 2.34. The number of nitrogens with one attached hydrogen (secondary N) is 1. The van der Waals surface area contributed by atoms with Crippen LogP contribution in [0.2, 0.25) is 0 Å². The largest absolute Gasteiger partial charge is 0.374 e. The summed E-state index contributed by atoms with van der Waals surface area (Å²) >= 11 is 0. The van der Waals surface area contributed by atoms with E-state index in [4.69, 9.17) is 15.6 Å². The molecule has 3 rings (SSSR count). The van der Waals surface area contributed by atoms with Gasteiger partial charge >= 0.3 is 0 Å². The summed E-state index contributed by atoms with van der Waals surface area (Å²) in [5, 5.41) is 0. The first-order chi connectivity index (χ1) is 8.88. The number of guanidine groups is 1. The highest BCUT2D eigenvalue weighted by Crippen LogP contribution is 2.30. The van der Waals surface area contributed by atoms with Crippen LogP contribution in [-0.4, -0.2) is 42.2 Å². The fraction of sp³-hybridized carbons (Fsp3) is 0.923. The van der Waals surface area contributed by atoms with Crippen LogP contribution in [-0.2, 0) is 4.74 Å². The lowest BCUT2D eigenvalue weighted by Crippen LogP contribution is -2.56. The lowest BCUT2D eigenvalue weighted by molar-refractivity contribution is -0.0306. The summed E-state index contributed by atoms with van der Waals surface area (Å²) in [5.74, 6) is 6.59. The van der Waals surface area contributed by atoms with Crippen LogP contribution in [0.15, 0.2) is 4.99 Å². The topological polar surface area (TPSA) is 62.9 Å². The van der Waals surface area contributed by atoms with Crippen molar-refractivity contribution in [2.75, 3.05) is 13.2 Å². The van der Waals surface area contributed by atoms with E-state index < -0.39 is 0 Å². The first kappa shape index (κ1) is 12.2. The van der Waals surface area contributed by atoms with Crippen LogP contribution in [0.4, 0.5) is 0 Å². The maximum Gasteiger partial charge on any atom is 0.209 e. The van der Waals surface area contributed by atoms with Crippen molar-refractivity contribution in [2.45, 2.75) is 63.1 Å². The molecule has 1 saturated heterocycles. The maximum absolute atomic E-state index is 5.83. The van der Waals surface area contributed by atoms with Crippen molar-refractivity contribution in [1.29, 1.82) is 0 Å². The van der Waals surface area contributed by atoms with E-state index in [1.165, 1.54) is 44.9 Å². The summed E-state index contributed by atoms with van der Waals surface area (Å²) in [5.41, 5.74) is 2.83. The molecule has 5 nitrogen and oxygen atoms in total. The molecular formula is C13H24N4O. The predicted octanol–water partition coefficient (Wildman–Crippen LogP) is 1.00. The van der Waals surface area contributed by atoms with Gasteiger partial charge in [-0.2, -0.15) is 0 Å². The fourth-order valence-corrected chi connectivity index (χ4v) is 3.59. The zero-order chi connectivity index (χ0) is 12.4. The zero-order valence-electron chi connectivity index (χ0n) is 11.0. The molecule has 0 radical (unpaired) electrons. The van der Waals surface area contributed by atoms with E-state index in [0.717, 1.165) is 19.1 Å². The molecule has 0 aromatic rings. The molecule has 0 aromatic heterocycles. The number of rotatable bonds is 1. The van der Waals surface area contributed by atoms with Crippen LogP contribution >= 0.6 is 0 Å². The van der Waals surface area contributed by atoms with Gasteiger partial charge in [-0.3, -0.25) is 5.43 Å². The summed E-state index contributed by atoms with van der Waals surface area (Å²) in [6, 6.07) is 0.953. The van der Waals surface area contributed by atoms with Gasteiger partial charge in [0, 0.05) is 6.54 Å². The molecule has 2 saturated carbocycles. The normalized spacial score (nSPS) is 33.8. The third-order valence-corrected chi connectivity index (χ3v) is 4.51. The summed E-state index contributed by atoms with van der Waals surface area (Å²) in [7, 11) is 0. The third-order valence-electron chi connectivity index (χ3n) is 4.51. The minimum atomic E-state index is 0.390. The second-order valence-electron chi connectivity index (χ2n) is 5.64. The number of morpholine rings is 1. The van der Waals surface area contributed by atoms with Crippen LogP contribution in [0, 0.1) is 0 Å². The molecule has 5 heteroatoms. The summed E-state index contributed by atoms with van der Waals surface area (Å²) in [4.78, 5) is 7.18. The van der Waals surface area contributed by atoms with Crippen molar-refractivity contribution in [2.24, 2.45) is 10.8 Å². The molecule has 0 bridgehead atoms. The van der Waals surface area contributed by atoms with Gasteiger partial charge in [0.15, 0.2) is 0 Å². The van der Waals surface area contributed by atoms with Crippen molar-refractivity contribution in [1.82, 2.24) is 10.3 Å². The lowest BCUT2D eigenvalue weighted by Gasteiger charge is -2.39. The number of nitrogens with two attached hydrogens (primary N) is 1. The van der Waals surface area contributed by atoms with E-state index in [1.807, 2.05) is 0 Å². The standard InChI is InChI=1S/C13H24N4O/c14-16-13(15-10-4-1-2-5-10)17-8-9-18-12-7-3-6-11(12)17/h10-12H,1-9,14H2,(H,15,16). The Bertz CT molecular complexity index is 314. The van der Waals surface area contributed by atoms with E-state index in [2.05, 4.69) is 10.3 Å². The first-order valence-corrected chi connectivity index (χ1v) is 7.31. The van der Waals surface area contributed by atoms with Gasteiger partial charge in [-0.15, -0.1) is 0 Å². The summed E-state index contributed by atoms with van der Waals surface area (Å²) < 4.78 is 5.83. The Morgan fingerprint density at radius 3 is 2.78 bits per heavy atom. The molecule has 3 N–H and O–H groups in total. The molecule has 0 amide bonds. The fourth-order valence-electron chi connectivity index (χ4n) is 3.59. The number of hydrogen-bond acceptors (Lipinski definition) is 3. The molecule has 2 unspecified atom stereocenters. The van der Waals surface area contributed by atoms with Crippen molar-refractivity contribution < 1.29 is 4.74 Å². The maximum atomic E-state index is 5.83. The summed E-state index contributed by atoms with van der Waals surface area (Å²) in [6.07, 6.45) is 9.07. The van der Waals surface area contributed by atoms with E-state index in [0.29, 0.717) is 18.2 Å². The van der Waals surface area contributed by atoms with Crippen LogP contribution in [0.5, 0.6) is 0 Å². The molecule has 1 aliphatic heterocycles. The first-order valence-electron chi connectivity index (χ1n) is 7.31. The van der Waals surface area contributed by atoms with Crippen LogP contribution in [0.25, 0.3) is 0 Å². The van der Waals surface area contributed by atoms with E-state index in [9.17, 15) is 0 Å². The molecule has 18 heavy (non-hydrogen) atoms. The van der Waals surface area contributed by atoms with Crippen molar-refractivity contribution in [3.63, 3.8) is 0 Å². The smallest absolute Gasteiger partial charge is 0.209 e. The van der Waals surface area contributed by atoms with Gasteiger partial charge in [-0.25, -0.2) is 10.8 Å². The van der Waals surface area contributed by atoms with Crippen molar-refractivity contribution in [3.05, 3.63) is 0 Å². The Labute approximate surface area is 109 Å². The minimum Gasteiger partial charge on any atom is -0.374 e. The second-order valence-corrected chi connectivity index (χ2v) is 5.64.